The van der Waals surface area contributed by atoms with Crippen molar-refractivity contribution < 1.29 is 13.2 Å². The predicted octanol–water partition coefficient (Wildman–Crippen LogP) is 3.45. The van der Waals surface area contributed by atoms with E-state index in [1.54, 1.807) is 13.3 Å². The van der Waals surface area contributed by atoms with Crippen LogP contribution in [-0.4, -0.2) is 37.5 Å². The summed E-state index contributed by atoms with van der Waals surface area (Å²) < 4.78 is 32.7. The van der Waals surface area contributed by atoms with E-state index in [9.17, 15) is 8.78 Å². The van der Waals surface area contributed by atoms with Crippen LogP contribution in [0.25, 0.3) is 0 Å². The number of halogens is 2. The Hall–Kier alpha value is -2.41. The first-order chi connectivity index (χ1) is 13.2. The number of nitrogens with zero attached hydrogens (tertiary/aromatic N) is 2. The highest BCUT2D eigenvalue weighted by Gasteiger charge is 2.24. The van der Waals surface area contributed by atoms with Crippen LogP contribution in [0, 0.1) is 11.6 Å². The molecule has 1 unspecified atom stereocenters. The second-order valence-corrected chi connectivity index (χ2v) is 6.67. The highest BCUT2D eigenvalue weighted by Crippen LogP contribution is 2.24. The summed E-state index contributed by atoms with van der Waals surface area (Å²) in [6.45, 7) is 2.83. The number of guanidine groups is 1. The first-order valence-corrected chi connectivity index (χ1v) is 9.33. The average Bonchev–Trinajstić information content (AvgIpc) is 3.22. The molecule has 0 bridgehead atoms. The lowest BCUT2D eigenvalue weighted by Gasteiger charge is -2.33. The van der Waals surface area contributed by atoms with E-state index in [1.165, 1.54) is 25.3 Å². The van der Waals surface area contributed by atoms with Crippen molar-refractivity contribution in [2.45, 2.75) is 31.8 Å². The first kappa shape index (κ1) is 19.4. The highest BCUT2D eigenvalue weighted by molar-refractivity contribution is 5.79. The highest BCUT2D eigenvalue weighted by atomic mass is 19.1. The molecular weight excluding hydrogens is 350 g/mol. The number of hydrogen-bond acceptors (Lipinski definition) is 3. The molecule has 1 aliphatic heterocycles. The largest absolute Gasteiger partial charge is 0.468 e. The Kier molecular flexibility index (Phi) is 6.81. The molecule has 1 fully saturated rings. The minimum atomic E-state index is -0.459. The van der Waals surface area contributed by atoms with Gasteiger partial charge in [-0.25, -0.2) is 8.78 Å². The number of nitrogens with one attached hydrogen (secondary N) is 2. The zero-order valence-corrected chi connectivity index (χ0v) is 15.5. The molecule has 5 nitrogen and oxygen atoms in total. The molecule has 3 rings (SSSR count). The number of likely N-dealkylation sites (tertiary alicyclic amines) is 1. The summed E-state index contributed by atoms with van der Waals surface area (Å²) >= 11 is 0. The summed E-state index contributed by atoms with van der Waals surface area (Å²) in [6.07, 6.45) is 5.31. The van der Waals surface area contributed by atoms with Crippen molar-refractivity contribution in [2.24, 2.45) is 4.99 Å². The molecule has 1 aromatic heterocycles. The molecule has 7 heteroatoms. The Morgan fingerprint density at radius 3 is 2.70 bits per heavy atom. The van der Waals surface area contributed by atoms with Crippen molar-refractivity contribution in [3.63, 3.8) is 0 Å². The van der Waals surface area contributed by atoms with E-state index in [4.69, 9.17) is 4.42 Å². The van der Waals surface area contributed by atoms with Crippen LogP contribution in [0.15, 0.2) is 46.0 Å². The van der Waals surface area contributed by atoms with E-state index in [-0.39, 0.29) is 18.2 Å². The van der Waals surface area contributed by atoms with Crippen molar-refractivity contribution in [1.29, 1.82) is 0 Å². The Morgan fingerprint density at radius 1 is 1.19 bits per heavy atom. The normalized spacial score (nSPS) is 16.9. The lowest BCUT2D eigenvalue weighted by molar-refractivity contribution is 0.146. The molecule has 1 aromatic carbocycles. The van der Waals surface area contributed by atoms with Gasteiger partial charge in [-0.1, -0.05) is 6.42 Å². The average molecular weight is 376 g/mol. The predicted molar refractivity (Wildman–Crippen MR) is 101 cm³/mol. The van der Waals surface area contributed by atoms with Gasteiger partial charge in [0.2, 0.25) is 0 Å². The first-order valence-electron chi connectivity index (χ1n) is 9.33. The second kappa shape index (κ2) is 9.50. The quantitative estimate of drug-likeness (QED) is 0.599. The van der Waals surface area contributed by atoms with Gasteiger partial charge in [-0.2, -0.15) is 0 Å². The number of piperidine rings is 1. The third kappa shape index (κ3) is 5.29. The molecule has 0 amide bonds. The zero-order chi connectivity index (χ0) is 19.1. The molecule has 0 aliphatic carbocycles. The van der Waals surface area contributed by atoms with Gasteiger partial charge < -0.3 is 15.1 Å². The maximum absolute atomic E-state index is 13.8. The van der Waals surface area contributed by atoms with Gasteiger partial charge in [0.1, 0.15) is 17.4 Å². The summed E-state index contributed by atoms with van der Waals surface area (Å²) in [5.74, 6) is 0.545. The van der Waals surface area contributed by atoms with E-state index in [0.29, 0.717) is 12.5 Å². The van der Waals surface area contributed by atoms with Crippen molar-refractivity contribution in [3.05, 3.63) is 59.6 Å². The van der Waals surface area contributed by atoms with Crippen molar-refractivity contribution in [2.75, 3.05) is 26.7 Å². The smallest absolute Gasteiger partial charge is 0.191 e. The second-order valence-electron chi connectivity index (χ2n) is 6.67. The SMILES string of the molecule is CN=C(NCc1cc(F)ccc1F)NCC(c1ccco1)N1CCCCC1. The maximum Gasteiger partial charge on any atom is 0.191 e. The summed E-state index contributed by atoms with van der Waals surface area (Å²) in [5, 5.41) is 6.32. The van der Waals surface area contributed by atoms with E-state index in [0.717, 1.165) is 31.0 Å². The molecule has 1 atom stereocenters. The van der Waals surface area contributed by atoms with Crippen LogP contribution in [0.2, 0.25) is 0 Å². The molecule has 0 spiro atoms. The summed E-state index contributed by atoms with van der Waals surface area (Å²) in [4.78, 5) is 6.59. The number of rotatable bonds is 6. The third-order valence-electron chi connectivity index (χ3n) is 4.84. The minimum Gasteiger partial charge on any atom is -0.468 e. The molecule has 1 saturated heterocycles. The number of furan rings is 1. The van der Waals surface area contributed by atoms with Crippen LogP contribution in [0.1, 0.15) is 36.6 Å². The van der Waals surface area contributed by atoms with E-state index >= 15 is 0 Å². The number of benzene rings is 1. The molecule has 0 radical (unpaired) electrons. The standard InChI is InChI=1S/C20H26F2N4O/c1-23-20(24-13-15-12-16(21)7-8-17(15)22)25-14-18(19-6-5-11-27-19)26-9-3-2-4-10-26/h5-8,11-12,18H,2-4,9-10,13-14H2,1H3,(H2,23,24,25). The Balaban J connectivity index is 1.60. The topological polar surface area (TPSA) is 52.8 Å². The summed E-state index contributed by atoms with van der Waals surface area (Å²) in [6, 6.07) is 7.41. The van der Waals surface area contributed by atoms with Gasteiger partial charge in [0.15, 0.2) is 5.96 Å². The third-order valence-corrected chi connectivity index (χ3v) is 4.84. The Labute approximate surface area is 158 Å². The molecule has 1 aliphatic rings. The van der Waals surface area contributed by atoms with Gasteiger partial charge in [0.05, 0.1) is 12.3 Å². The Bertz CT molecular complexity index is 742. The van der Waals surface area contributed by atoms with Gasteiger partial charge in [-0.3, -0.25) is 9.89 Å². The fourth-order valence-electron chi connectivity index (χ4n) is 3.39. The summed E-state index contributed by atoms with van der Waals surface area (Å²) in [5.41, 5.74) is 0.261. The van der Waals surface area contributed by atoms with Gasteiger partial charge in [-0.05, 0) is 56.3 Å². The molecule has 2 heterocycles. The van der Waals surface area contributed by atoms with Crippen LogP contribution in [0.3, 0.4) is 0 Å². The molecule has 2 aromatic rings. The monoisotopic (exact) mass is 376 g/mol. The minimum absolute atomic E-state index is 0.102. The number of hydrogen-bond donors (Lipinski definition) is 2. The van der Waals surface area contributed by atoms with E-state index in [1.807, 2.05) is 12.1 Å². The summed E-state index contributed by atoms with van der Waals surface area (Å²) in [7, 11) is 1.65. The van der Waals surface area contributed by atoms with Gasteiger partial charge >= 0.3 is 0 Å². The molecule has 27 heavy (non-hydrogen) atoms. The Morgan fingerprint density at radius 2 is 2.00 bits per heavy atom. The van der Waals surface area contributed by atoms with Crippen molar-refractivity contribution >= 4 is 5.96 Å². The van der Waals surface area contributed by atoms with Crippen LogP contribution >= 0.6 is 0 Å². The van der Waals surface area contributed by atoms with Crippen LogP contribution in [0.5, 0.6) is 0 Å². The van der Waals surface area contributed by atoms with Gasteiger partial charge in [-0.15, -0.1) is 0 Å². The van der Waals surface area contributed by atoms with Gasteiger partial charge in [0, 0.05) is 25.7 Å². The number of aliphatic imine (C=N–C) groups is 1. The maximum atomic E-state index is 13.8. The van der Waals surface area contributed by atoms with Gasteiger partial charge in [0.25, 0.3) is 0 Å². The van der Waals surface area contributed by atoms with Crippen LogP contribution in [-0.2, 0) is 6.54 Å². The zero-order valence-electron chi connectivity index (χ0n) is 15.5. The van der Waals surface area contributed by atoms with E-state index in [2.05, 4.69) is 20.5 Å². The lowest BCUT2D eigenvalue weighted by Crippen LogP contribution is -2.44. The van der Waals surface area contributed by atoms with Crippen LogP contribution < -0.4 is 10.6 Å². The fourth-order valence-corrected chi connectivity index (χ4v) is 3.39. The van der Waals surface area contributed by atoms with Crippen molar-refractivity contribution in [3.8, 4) is 0 Å². The van der Waals surface area contributed by atoms with Crippen molar-refractivity contribution in [1.82, 2.24) is 15.5 Å². The molecular formula is C20H26F2N4O. The molecule has 0 saturated carbocycles. The molecule has 146 valence electrons. The molecule has 2 N–H and O–H groups in total. The fraction of sp³-hybridized carbons (Fsp3) is 0.450. The lowest BCUT2D eigenvalue weighted by atomic mass is 10.1. The van der Waals surface area contributed by atoms with E-state index < -0.39 is 11.6 Å². The van der Waals surface area contributed by atoms with Crippen LogP contribution in [0.4, 0.5) is 8.78 Å².